The number of sulfonamides is 1. The minimum Gasteiger partial charge on any atom is -0.353 e. The van der Waals surface area contributed by atoms with E-state index in [1.165, 1.54) is 0 Å². The summed E-state index contributed by atoms with van der Waals surface area (Å²) < 4.78 is 25.1. The zero-order chi connectivity index (χ0) is 16.9. The standard InChI is InChI=1S/C15H25N3O3S/c1-12-6-7-14(10-13(12)2)18(22(5,20)21)11-15(19)16-8-9-17(3)4/h6-7,10H,8-9,11H2,1-5H3,(H,16,19). The molecule has 1 aromatic carbocycles. The second kappa shape index (κ2) is 7.60. The van der Waals surface area contributed by atoms with Gasteiger partial charge in [0.2, 0.25) is 15.9 Å². The lowest BCUT2D eigenvalue weighted by Gasteiger charge is -2.23. The number of likely N-dealkylation sites (N-methyl/N-ethyl adjacent to an activating group) is 1. The number of carbonyl (C=O) groups is 1. The Bertz CT molecular complexity index is 627. The summed E-state index contributed by atoms with van der Waals surface area (Å²) in [5.41, 5.74) is 2.57. The van der Waals surface area contributed by atoms with Crippen LogP contribution >= 0.6 is 0 Å². The zero-order valence-electron chi connectivity index (χ0n) is 13.9. The quantitative estimate of drug-likeness (QED) is 0.802. The molecular formula is C15H25N3O3S. The first-order valence-corrected chi connectivity index (χ1v) is 8.92. The van der Waals surface area contributed by atoms with E-state index >= 15 is 0 Å². The van der Waals surface area contributed by atoms with Gasteiger partial charge in [-0.25, -0.2) is 8.42 Å². The Morgan fingerprint density at radius 2 is 1.82 bits per heavy atom. The summed E-state index contributed by atoms with van der Waals surface area (Å²) in [6, 6.07) is 5.35. The fraction of sp³-hybridized carbons (Fsp3) is 0.533. The van der Waals surface area contributed by atoms with Crippen LogP contribution in [0.1, 0.15) is 11.1 Å². The molecule has 6 nitrogen and oxygen atoms in total. The van der Waals surface area contributed by atoms with Crippen molar-refractivity contribution in [2.45, 2.75) is 13.8 Å². The van der Waals surface area contributed by atoms with E-state index in [4.69, 9.17) is 0 Å². The summed E-state index contributed by atoms with van der Waals surface area (Å²) in [6.45, 7) is 4.84. The van der Waals surface area contributed by atoms with Gasteiger partial charge in [0.05, 0.1) is 11.9 Å². The fourth-order valence-electron chi connectivity index (χ4n) is 1.89. The lowest BCUT2D eigenvalue weighted by Crippen LogP contribution is -2.42. The van der Waals surface area contributed by atoms with Gasteiger partial charge in [-0.15, -0.1) is 0 Å². The molecule has 0 fully saturated rings. The molecule has 1 N–H and O–H groups in total. The van der Waals surface area contributed by atoms with E-state index in [1.54, 1.807) is 12.1 Å². The molecule has 0 aliphatic rings. The fourth-order valence-corrected chi connectivity index (χ4v) is 2.73. The molecule has 0 saturated heterocycles. The van der Waals surface area contributed by atoms with Gasteiger partial charge in [-0.3, -0.25) is 9.10 Å². The summed E-state index contributed by atoms with van der Waals surface area (Å²) in [7, 11) is 0.292. The monoisotopic (exact) mass is 327 g/mol. The molecule has 1 aromatic rings. The van der Waals surface area contributed by atoms with Gasteiger partial charge in [0.1, 0.15) is 6.54 Å². The molecule has 0 spiro atoms. The van der Waals surface area contributed by atoms with Crippen molar-refractivity contribution in [3.8, 4) is 0 Å². The molecule has 0 radical (unpaired) electrons. The van der Waals surface area contributed by atoms with E-state index in [-0.39, 0.29) is 12.5 Å². The van der Waals surface area contributed by atoms with Crippen molar-refractivity contribution in [3.63, 3.8) is 0 Å². The molecule has 0 saturated carbocycles. The predicted octanol–water partition coefficient (Wildman–Crippen LogP) is 0.747. The van der Waals surface area contributed by atoms with Crippen molar-refractivity contribution in [1.29, 1.82) is 0 Å². The normalized spacial score (nSPS) is 11.5. The Morgan fingerprint density at radius 3 is 2.32 bits per heavy atom. The number of benzene rings is 1. The summed E-state index contributed by atoms with van der Waals surface area (Å²) in [5, 5.41) is 2.73. The Labute approximate surface area is 133 Å². The van der Waals surface area contributed by atoms with Crippen LogP contribution in [0.3, 0.4) is 0 Å². The van der Waals surface area contributed by atoms with E-state index in [2.05, 4.69) is 5.32 Å². The topological polar surface area (TPSA) is 69.7 Å². The smallest absolute Gasteiger partial charge is 0.240 e. The van der Waals surface area contributed by atoms with Crippen LogP contribution in [-0.2, 0) is 14.8 Å². The summed E-state index contributed by atoms with van der Waals surface area (Å²) in [5.74, 6) is -0.314. The molecule has 1 amide bonds. The molecule has 22 heavy (non-hydrogen) atoms. The Balaban J connectivity index is 2.86. The van der Waals surface area contributed by atoms with Crippen molar-refractivity contribution in [2.75, 3.05) is 44.3 Å². The van der Waals surface area contributed by atoms with Crippen molar-refractivity contribution in [1.82, 2.24) is 10.2 Å². The first-order valence-electron chi connectivity index (χ1n) is 7.07. The number of rotatable bonds is 7. The van der Waals surface area contributed by atoms with E-state index in [9.17, 15) is 13.2 Å². The van der Waals surface area contributed by atoms with Crippen LogP contribution in [0.15, 0.2) is 18.2 Å². The Hall–Kier alpha value is -1.60. The average molecular weight is 327 g/mol. The van der Waals surface area contributed by atoms with E-state index < -0.39 is 10.0 Å². The maximum absolute atomic E-state index is 12.0. The molecular weight excluding hydrogens is 302 g/mol. The Morgan fingerprint density at radius 1 is 1.18 bits per heavy atom. The average Bonchev–Trinajstić information content (AvgIpc) is 2.37. The van der Waals surface area contributed by atoms with Gasteiger partial charge < -0.3 is 10.2 Å². The second-order valence-electron chi connectivity index (χ2n) is 5.69. The minimum atomic E-state index is -3.52. The third-order valence-electron chi connectivity index (χ3n) is 3.35. The SMILES string of the molecule is Cc1ccc(N(CC(=O)NCCN(C)C)S(C)(=O)=O)cc1C. The number of amides is 1. The lowest BCUT2D eigenvalue weighted by atomic mass is 10.1. The van der Waals surface area contributed by atoms with Gasteiger partial charge in [-0.05, 0) is 51.2 Å². The molecule has 0 aliphatic heterocycles. The highest BCUT2D eigenvalue weighted by Crippen LogP contribution is 2.20. The molecule has 7 heteroatoms. The van der Waals surface area contributed by atoms with Crippen LogP contribution in [0.5, 0.6) is 0 Å². The highest BCUT2D eigenvalue weighted by atomic mass is 32.2. The molecule has 124 valence electrons. The third kappa shape index (κ3) is 5.65. The van der Waals surface area contributed by atoms with Gasteiger partial charge >= 0.3 is 0 Å². The molecule has 1 rings (SSSR count). The van der Waals surface area contributed by atoms with Gasteiger partial charge in [-0.1, -0.05) is 6.07 Å². The van der Waals surface area contributed by atoms with Crippen molar-refractivity contribution in [3.05, 3.63) is 29.3 Å². The first-order chi connectivity index (χ1) is 10.1. The number of hydrogen-bond donors (Lipinski definition) is 1. The maximum Gasteiger partial charge on any atom is 0.240 e. The van der Waals surface area contributed by atoms with Crippen molar-refractivity contribution >= 4 is 21.6 Å². The molecule has 0 aromatic heterocycles. The van der Waals surface area contributed by atoms with Crippen molar-refractivity contribution in [2.24, 2.45) is 0 Å². The predicted molar refractivity (Wildman–Crippen MR) is 89.7 cm³/mol. The van der Waals surface area contributed by atoms with Crippen LogP contribution in [-0.4, -0.2) is 59.2 Å². The van der Waals surface area contributed by atoms with Crippen LogP contribution in [0.4, 0.5) is 5.69 Å². The lowest BCUT2D eigenvalue weighted by molar-refractivity contribution is -0.119. The van der Waals surface area contributed by atoms with Gasteiger partial charge in [0.15, 0.2) is 0 Å². The zero-order valence-corrected chi connectivity index (χ0v) is 14.7. The molecule has 0 heterocycles. The molecule has 0 bridgehead atoms. The van der Waals surface area contributed by atoms with E-state index in [0.717, 1.165) is 21.7 Å². The molecule has 0 aliphatic carbocycles. The largest absolute Gasteiger partial charge is 0.353 e. The minimum absolute atomic E-state index is 0.214. The number of carbonyl (C=O) groups excluding carboxylic acids is 1. The van der Waals surface area contributed by atoms with E-state index in [1.807, 2.05) is 38.9 Å². The van der Waals surface area contributed by atoms with Crippen LogP contribution < -0.4 is 9.62 Å². The summed E-state index contributed by atoms with van der Waals surface area (Å²) >= 11 is 0. The summed E-state index contributed by atoms with van der Waals surface area (Å²) in [4.78, 5) is 13.9. The number of anilines is 1. The highest BCUT2D eigenvalue weighted by molar-refractivity contribution is 7.92. The van der Waals surface area contributed by atoms with Gasteiger partial charge in [-0.2, -0.15) is 0 Å². The van der Waals surface area contributed by atoms with Crippen LogP contribution in [0, 0.1) is 13.8 Å². The summed E-state index contributed by atoms with van der Waals surface area (Å²) in [6.07, 6.45) is 1.11. The first kappa shape index (κ1) is 18.4. The van der Waals surface area contributed by atoms with Crippen LogP contribution in [0.2, 0.25) is 0 Å². The second-order valence-corrected chi connectivity index (χ2v) is 7.60. The Kier molecular flexibility index (Phi) is 6.37. The van der Waals surface area contributed by atoms with Gasteiger partial charge in [0.25, 0.3) is 0 Å². The van der Waals surface area contributed by atoms with Crippen LogP contribution in [0.25, 0.3) is 0 Å². The number of aryl methyl sites for hydroxylation is 2. The van der Waals surface area contributed by atoms with Gasteiger partial charge in [0, 0.05) is 13.1 Å². The molecule has 0 unspecified atom stereocenters. The maximum atomic E-state index is 12.0. The number of nitrogens with zero attached hydrogens (tertiary/aromatic N) is 2. The van der Waals surface area contributed by atoms with E-state index in [0.29, 0.717) is 18.8 Å². The van der Waals surface area contributed by atoms with Crippen molar-refractivity contribution < 1.29 is 13.2 Å². The molecule has 0 atom stereocenters. The third-order valence-corrected chi connectivity index (χ3v) is 4.49. The number of hydrogen-bond acceptors (Lipinski definition) is 4. The number of nitrogens with one attached hydrogen (secondary N) is 1. The highest BCUT2D eigenvalue weighted by Gasteiger charge is 2.21.